The van der Waals surface area contributed by atoms with Crippen molar-refractivity contribution in [1.29, 1.82) is 0 Å². The van der Waals surface area contributed by atoms with Gasteiger partial charge in [-0.15, -0.1) is 11.3 Å². The van der Waals surface area contributed by atoms with E-state index in [1.165, 1.54) is 18.4 Å². The van der Waals surface area contributed by atoms with Gasteiger partial charge in [0.1, 0.15) is 6.04 Å². The Labute approximate surface area is 165 Å². The van der Waals surface area contributed by atoms with E-state index in [1.807, 2.05) is 49.0 Å². The molecule has 10 heteroatoms. The van der Waals surface area contributed by atoms with E-state index in [1.54, 1.807) is 4.68 Å². The average Bonchev–Trinajstić information content (AvgIpc) is 3.30. The fourth-order valence-electron chi connectivity index (χ4n) is 2.56. The number of aromatic nitrogens is 3. The Bertz CT molecular complexity index is 984. The third-order valence-corrected chi connectivity index (χ3v) is 4.61. The summed E-state index contributed by atoms with van der Waals surface area (Å²) in [6, 6.07) is 8.69. The molecule has 3 rings (SSSR count). The van der Waals surface area contributed by atoms with Gasteiger partial charge in [-0.25, -0.2) is 9.78 Å². The molecule has 1 aromatic carbocycles. The second-order valence-corrected chi connectivity index (χ2v) is 6.80. The highest BCUT2D eigenvalue weighted by molar-refractivity contribution is 7.14. The van der Waals surface area contributed by atoms with Crippen molar-refractivity contribution in [1.82, 2.24) is 20.1 Å². The second kappa shape index (κ2) is 8.63. The number of rotatable bonds is 7. The standard InChI is InChI=1S/C18H19N5O4S/c1-23-7-6-13(22-23)11-4-3-5-12(8-11)15-10-28-17(19-15)21-16(24)14(9-27-2)20-18(25)26/h3-8,10,14,20H,9H2,1-2H3,(H,25,26)(H,19,21,24). The van der Waals surface area contributed by atoms with Crippen LogP contribution in [0, 0.1) is 0 Å². The fraction of sp³-hybridized carbons (Fsp3) is 0.222. The van der Waals surface area contributed by atoms with E-state index in [4.69, 9.17) is 9.84 Å². The average molecular weight is 401 g/mol. The van der Waals surface area contributed by atoms with Crippen LogP contribution >= 0.6 is 11.3 Å². The number of nitrogens with zero attached hydrogens (tertiary/aromatic N) is 3. The number of amides is 2. The Morgan fingerprint density at radius 3 is 2.68 bits per heavy atom. The molecule has 9 nitrogen and oxygen atoms in total. The van der Waals surface area contributed by atoms with Crippen molar-refractivity contribution in [3.63, 3.8) is 0 Å². The third kappa shape index (κ3) is 4.72. The van der Waals surface area contributed by atoms with E-state index < -0.39 is 18.0 Å². The highest BCUT2D eigenvalue weighted by atomic mass is 32.1. The predicted molar refractivity (Wildman–Crippen MR) is 105 cm³/mol. The molecule has 0 saturated carbocycles. The summed E-state index contributed by atoms with van der Waals surface area (Å²) >= 11 is 1.25. The zero-order valence-corrected chi connectivity index (χ0v) is 16.1. The molecule has 0 aliphatic carbocycles. The van der Waals surface area contributed by atoms with Gasteiger partial charge in [0.25, 0.3) is 5.91 Å². The molecule has 1 atom stereocenters. The summed E-state index contributed by atoms with van der Waals surface area (Å²) in [5, 5.41) is 20.2. The summed E-state index contributed by atoms with van der Waals surface area (Å²) in [6.45, 7) is -0.0809. The number of benzene rings is 1. The van der Waals surface area contributed by atoms with Gasteiger partial charge in [-0.1, -0.05) is 18.2 Å². The van der Waals surface area contributed by atoms with Gasteiger partial charge >= 0.3 is 6.09 Å². The first-order chi connectivity index (χ1) is 13.5. The van der Waals surface area contributed by atoms with E-state index in [9.17, 15) is 9.59 Å². The molecule has 0 bridgehead atoms. The summed E-state index contributed by atoms with van der Waals surface area (Å²) in [4.78, 5) is 27.5. The molecule has 0 aliphatic rings. The monoisotopic (exact) mass is 401 g/mol. The molecular formula is C18H19N5O4S. The van der Waals surface area contributed by atoms with Crippen LogP contribution in [0.1, 0.15) is 0 Å². The van der Waals surface area contributed by atoms with Gasteiger partial charge in [-0.2, -0.15) is 5.10 Å². The Morgan fingerprint density at radius 2 is 2.04 bits per heavy atom. The van der Waals surface area contributed by atoms with Crippen molar-refractivity contribution in [2.24, 2.45) is 7.05 Å². The van der Waals surface area contributed by atoms with Gasteiger partial charge in [-0.3, -0.25) is 9.48 Å². The van der Waals surface area contributed by atoms with Crippen LogP contribution in [-0.2, 0) is 16.6 Å². The van der Waals surface area contributed by atoms with Crippen molar-refractivity contribution < 1.29 is 19.4 Å². The summed E-state index contributed by atoms with van der Waals surface area (Å²) in [5.41, 5.74) is 3.40. The van der Waals surface area contributed by atoms with Gasteiger partial charge in [0, 0.05) is 36.9 Å². The first kappa shape index (κ1) is 19.5. The summed E-state index contributed by atoms with van der Waals surface area (Å²) in [6.07, 6.45) is 0.573. The first-order valence-electron chi connectivity index (χ1n) is 8.31. The lowest BCUT2D eigenvalue weighted by Crippen LogP contribution is -2.46. The molecule has 3 aromatic rings. The van der Waals surface area contributed by atoms with Crippen LogP contribution in [0.25, 0.3) is 22.5 Å². The quantitative estimate of drug-likeness (QED) is 0.560. The number of aryl methyl sites for hydroxylation is 1. The fourth-order valence-corrected chi connectivity index (χ4v) is 3.28. The SMILES string of the molecule is COCC(NC(=O)O)C(=O)Nc1nc(-c2cccc(-c3ccn(C)n3)c2)cs1. The number of nitrogens with one attached hydrogen (secondary N) is 2. The minimum absolute atomic E-state index is 0.0809. The highest BCUT2D eigenvalue weighted by Gasteiger charge is 2.21. The van der Waals surface area contributed by atoms with Crippen molar-refractivity contribution >= 4 is 28.5 Å². The number of anilines is 1. The van der Waals surface area contributed by atoms with Crippen molar-refractivity contribution in [3.8, 4) is 22.5 Å². The lowest BCUT2D eigenvalue weighted by atomic mass is 10.1. The number of carbonyl (C=O) groups is 2. The maximum Gasteiger partial charge on any atom is 0.405 e. The Balaban J connectivity index is 1.75. The van der Waals surface area contributed by atoms with E-state index in [2.05, 4.69) is 20.7 Å². The topological polar surface area (TPSA) is 118 Å². The summed E-state index contributed by atoms with van der Waals surface area (Å²) < 4.78 is 6.62. The number of thiazole rings is 1. The lowest BCUT2D eigenvalue weighted by Gasteiger charge is -2.14. The maximum absolute atomic E-state index is 12.3. The van der Waals surface area contributed by atoms with Crippen molar-refractivity contribution in [2.75, 3.05) is 19.0 Å². The molecule has 0 aliphatic heterocycles. The molecule has 2 heterocycles. The largest absolute Gasteiger partial charge is 0.465 e. The van der Waals surface area contributed by atoms with Crippen LogP contribution in [-0.4, -0.2) is 51.6 Å². The van der Waals surface area contributed by atoms with Crippen LogP contribution in [0.5, 0.6) is 0 Å². The molecule has 28 heavy (non-hydrogen) atoms. The number of hydrogen-bond acceptors (Lipinski definition) is 6. The van der Waals surface area contributed by atoms with E-state index >= 15 is 0 Å². The molecule has 0 fully saturated rings. The maximum atomic E-state index is 12.3. The Kier molecular flexibility index (Phi) is 6.02. The van der Waals surface area contributed by atoms with Gasteiger partial charge in [-0.05, 0) is 12.1 Å². The molecule has 1 unspecified atom stereocenters. The molecule has 0 spiro atoms. The third-order valence-electron chi connectivity index (χ3n) is 3.85. The van der Waals surface area contributed by atoms with Crippen LogP contribution in [0.4, 0.5) is 9.93 Å². The van der Waals surface area contributed by atoms with Crippen LogP contribution < -0.4 is 10.6 Å². The minimum atomic E-state index is -1.30. The number of hydrogen-bond donors (Lipinski definition) is 3. The normalized spacial score (nSPS) is 11.8. The number of carbonyl (C=O) groups excluding carboxylic acids is 1. The van der Waals surface area contributed by atoms with E-state index in [0.717, 1.165) is 16.8 Å². The van der Waals surface area contributed by atoms with Gasteiger partial charge in [0.2, 0.25) is 0 Å². The summed E-state index contributed by atoms with van der Waals surface area (Å²) in [5.74, 6) is -0.535. The number of carboxylic acid groups (broad SMARTS) is 1. The van der Waals surface area contributed by atoms with Crippen LogP contribution in [0.2, 0.25) is 0 Å². The smallest absolute Gasteiger partial charge is 0.405 e. The number of methoxy groups -OCH3 is 1. The second-order valence-electron chi connectivity index (χ2n) is 5.94. The van der Waals surface area contributed by atoms with Crippen LogP contribution in [0.15, 0.2) is 41.9 Å². The molecule has 0 saturated heterocycles. The predicted octanol–water partition coefficient (Wildman–Crippen LogP) is 2.43. The molecular weight excluding hydrogens is 382 g/mol. The molecule has 3 N–H and O–H groups in total. The van der Waals surface area contributed by atoms with Gasteiger partial charge in [0.15, 0.2) is 5.13 Å². The zero-order valence-electron chi connectivity index (χ0n) is 15.2. The molecule has 2 aromatic heterocycles. The van der Waals surface area contributed by atoms with Crippen LogP contribution in [0.3, 0.4) is 0 Å². The molecule has 0 radical (unpaired) electrons. The van der Waals surface area contributed by atoms with E-state index in [0.29, 0.717) is 10.8 Å². The van der Waals surface area contributed by atoms with E-state index in [-0.39, 0.29) is 6.61 Å². The minimum Gasteiger partial charge on any atom is -0.465 e. The highest BCUT2D eigenvalue weighted by Crippen LogP contribution is 2.28. The van der Waals surface area contributed by atoms with Crippen molar-refractivity contribution in [3.05, 3.63) is 41.9 Å². The summed E-state index contributed by atoms with van der Waals surface area (Å²) in [7, 11) is 3.25. The zero-order chi connectivity index (χ0) is 20.1. The first-order valence-corrected chi connectivity index (χ1v) is 9.19. The molecule has 2 amide bonds. The Hall–Kier alpha value is -3.24. The number of ether oxygens (including phenoxy) is 1. The Morgan fingerprint density at radius 1 is 1.29 bits per heavy atom. The van der Waals surface area contributed by atoms with Crippen molar-refractivity contribution in [2.45, 2.75) is 6.04 Å². The lowest BCUT2D eigenvalue weighted by molar-refractivity contribution is -0.119. The van der Waals surface area contributed by atoms with Gasteiger partial charge in [0.05, 0.1) is 18.0 Å². The van der Waals surface area contributed by atoms with Gasteiger partial charge < -0.3 is 20.5 Å². The molecule has 146 valence electrons.